The molecule has 15 heteroatoms. The number of carbonyl (C=O) groups excluding carboxylic acids is 4. The smallest absolute Gasteiger partial charge is 0.548 e. The normalized spacial score (nSPS) is 24.3. The van der Waals surface area contributed by atoms with Gasteiger partial charge in [0.1, 0.15) is 5.69 Å². The third-order valence-electron chi connectivity index (χ3n) is 5.83. The number of nitrogens with one attached hydrogen (secondary N) is 1. The van der Waals surface area contributed by atoms with Crippen molar-refractivity contribution in [3.63, 3.8) is 0 Å². The molecule has 0 bridgehead atoms. The van der Waals surface area contributed by atoms with E-state index in [0.717, 1.165) is 0 Å². The summed E-state index contributed by atoms with van der Waals surface area (Å²) in [6.07, 6.45) is -0.860. The topological polar surface area (TPSA) is 166 Å². The summed E-state index contributed by atoms with van der Waals surface area (Å²) in [5.74, 6) is -4.63. The fourth-order valence-electron chi connectivity index (χ4n) is 4.27. The Kier molecular flexibility index (Phi) is 10.1. The number of nitrogens with zero attached hydrogens (tertiary/aromatic N) is 3. The Morgan fingerprint density at radius 2 is 1.97 bits per heavy atom. The molecular formula is C19H20N4Na2O7S2. The minimum Gasteiger partial charge on any atom is -0.548 e. The molecule has 0 saturated carbocycles. The van der Waals surface area contributed by atoms with E-state index in [1.807, 2.05) is 11.8 Å². The van der Waals surface area contributed by atoms with Gasteiger partial charge in [-0.15, -0.1) is 23.1 Å². The molecule has 4 heterocycles. The molecule has 1 aromatic heterocycles. The van der Waals surface area contributed by atoms with Gasteiger partial charge in [-0.2, -0.15) is 0 Å². The van der Waals surface area contributed by atoms with Crippen LogP contribution in [0.25, 0.3) is 0 Å². The molecular weight excluding hydrogens is 506 g/mol. The van der Waals surface area contributed by atoms with E-state index < -0.39 is 42.3 Å². The van der Waals surface area contributed by atoms with Gasteiger partial charge >= 0.3 is 59.1 Å². The Labute approximate surface area is 247 Å². The number of carboxylic acids is 2. The number of anilines is 1. The largest absolute Gasteiger partial charge is 1.00 e. The van der Waals surface area contributed by atoms with Gasteiger partial charge in [-0.3, -0.25) is 9.59 Å². The summed E-state index contributed by atoms with van der Waals surface area (Å²) in [4.78, 5) is 54.5. The maximum atomic E-state index is 12.4. The van der Waals surface area contributed by atoms with E-state index in [2.05, 4.69) is 10.3 Å². The van der Waals surface area contributed by atoms with Gasteiger partial charge in [-0.1, -0.05) is 6.92 Å². The zero-order valence-corrected chi connectivity index (χ0v) is 24.8. The van der Waals surface area contributed by atoms with Gasteiger partial charge in [0.25, 0.3) is 5.91 Å². The van der Waals surface area contributed by atoms with Crippen molar-refractivity contribution in [2.75, 3.05) is 24.5 Å². The third kappa shape index (κ3) is 5.37. The van der Waals surface area contributed by atoms with Crippen molar-refractivity contribution < 1.29 is 93.6 Å². The maximum absolute atomic E-state index is 12.4. The van der Waals surface area contributed by atoms with Crippen molar-refractivity contribution >= 4 is 52.0 Å². The summed E-state index contributed by atoms with van der Waals surface area (Å²) in [5, 5.41) is 36.5. The van der Waals surface area contributed by atoms with Crippen LogP contribution >= 0.6 is 23.1 Å². The molecule has 1 aromatic rings. The van der Waals surface area contributed by atoms with Gasteiger partial charge in [0.05, 0.1) is 42.2 Å². The predicted molar refractivity (Wildman–Crippen MR) is 110 cm³/mol. The summed E-state index contributed by atoms with van der Waals surface area (Å²) in [5.41, 5.74) is 0.00902. The summed E-state index contributed by atoms with van der Waals surface area (Å²) in [6.45, 7) is 3.91. The number of thioether (sulfide) groups is 1. The number of aliphatic hydroxyl groups excluding tert-OH is 1. The number of carboxylic acid groups (broad SMARTS) is 2. The van der Waals surface area contributed by atoms with Crippen molar-refractivity contribution in [3.8, 4) is 0 Å². The molecule has 3 aliphatic rings. The Bertz CT molecular complexity index is 1030. The predicted octanol–water partition coefficient (Wildman–Crippen LogP) is -8.63. The molecule has 2 saturated heterocycles. The average molecular weight is 527 g/mol. The molecule has 0 spiro atoms. The fourth-order valence-corrected chi connectivity index (χ4v) is 6.62. The van der Waals surface area contributed by atoms with Crippen LogP contribution in [-0.4, -0.2) is 75.8 Å². The second-order valence-electron chi connectivity index (χ2n) is 7.97. The van der Waals surface area contributed by atoms with Crippen molar-refractivity contribution in [3.05, 3.63) is 21.7 Å². The Balaban J connectivity index is 0.00000204. The molecule has 0 radical (unpaired) electrons. The molecule has 11 nitrogen and oxygen atoms in total. The van der Waals surface area contributed by atoms with Crippen molar-refractivity contribution in [1.82, 2.24) is 15.2 Å². The summed E-state index contributed by atoms with van der Waals surface area (Å²) in [6, 6.07) is -0.380. The monoisotopic (exact) mass is 526 g/mol. The SMILES string of the molecule is C[C@@H](O)[C@H]1C(=O)N2C(C(=O)[O-])=C(SC3CN(c4nc(C(=O)NCC(=O)[O-])cs4)C3)[C@H](C)[C@H]12.[Na+].[Na+]. The first-order valence-electron chi connectivity index (χ1n) is 9.92. The molecule has 3 aliphatic heterocycles. The van der Waals surface area contributed by atoms with Crippen molar-refractivity contribution in [2.24, 2.45) is 11.8 Å². The number of aliphatic carboxylic acids is 2. The number of rotatable bonds is 8. The molecule has 2 amide bonds. The second kappa shape index (κ2) is 11.6. The molecule has 34 heavy (non-hydrogen) atoms. The van der Waals surface area contributed by atoms with E-state index >= 15 is 0 Å². The van der Waals surface area contributed by atoms with Crippen LogP contribution in [0, 0.1) is 11.8 Å². The number of carbonyl (C=O) groups is 4. The van der Waals surface area contributed by atoms with Crippen LogP contribution in [0.4, 0.5) is 5.13 Å². The number of aromatic nitrogens is 1. The van der Waals surface area contributed by atoms with Crippen LogP contribution in [0.1, 0.15) is 24.3 Å². The fraction of sp³-hybridized carbons (Fsp3) is 0.526. The van der Waals surface area contributed by atoms with Crippen LogP contribution < -0.4 is 79.5 Å². The number of aliphatic hydroxyl groups is 1. The Morgan fingerprint density at radius 1 is 1.32 bits per heavy atom. The number of amides is 2. The first kappa shape index (κ1) is 29.6. The zero-order chi connectivity index (χ0) is 23.3. The minimum absolute atomic E-state index is 0. The number of β-lactam (4-membered cyclic amide) rings is 1. The summed E-state index contributed by atoms with van der Waals surface area (Å²) < 4.78 is 0. The third-order valence-corrected chi connectivity index (χ3v) is 8.18. The maximum Gasteiger partial charge on any atom is 1.00 e. The molecule has 0 aromatic carbocycles. The van der Waals surface area contributed by atoms with Gasteiger partial charge < -0.3 is 40.0 Å². The average Bonchev–Trinajstić information content (AvgIpc) is 3.24. The molecule has 4 rings (SSSR count). The summed E-state index contributed by atoms with van der Waals surface area (Å²) in [7, 11) is 0. The van der Waals surface area contributed by atoms with Gasteiger partial charge in [0, 0.05) is 34.5 Å². The quantitative estimate of drug-likeness (QED) is 0.245. The Hall–Kier alpha value is -0.640. The molecule has 0 aliphatic carbocycles. The van der Waals surface area contributed by atoms with E-state index in [1.54, 1.807) is 0 Å². The van der Waals surface area contributed by atoms with Crippen molar-refractivity contribution in [2.45, 2.75) is 31.2 Å². The van der Waals surface area contributed by atoms with Crippen LogP contribution in [0.2, 0.25) is 0 Å². The number of fused-ring (bicyclic) bond motifs is 1. The van der Waals surface area contributed by atoms with Crippen LogP contribution in [0.15, 0.2) is 16.0 Å². The molecule has 0 unspecified atom stereocenters. The standard InChI is InChI=1S/C19H22N4O7S2.2Na/c1-7-13-12(8(2)24)17(28)23(13)14(18(29)30)15(7)32-9-4-22(5-9)19-21-10(6-31-19)16(27)20-3-11(25)26;;/h6-9,12-13,24H,3-5H2,1-2H3,(H,20,27)(H,25,26)(H,29,30);;/q;2*+1/p-2/t7-,8-,12-,13-;;/m1../s1. The zero-order valence-electron chi connectivity index (χ0n) is 19.1. The van der Waals surface area contributed by atoms with Crippen LogP contribution in [0.5, 0.6) is 0 Å². The Morgan fingerprint density at radius 3 is 2.53 bits per heavy atom. The van der Waals surface area contributed by atoms with Gasteiger partial charge in [0.2, 0.25) is 5.91 Å². The minimum atomic E-state index is -1.40. The number of hydrogen-bond donors (Lipinski definition) is 2. The number of thiazole rings is 1. The van der Waals surface area contributed by atoms with Gasteiger partial charge in [-0.05, 0) is 6.92 Å². The van der Waals surface area contributed by atoms with E-state index in [-0.39, 0.29) is 87.7 Å². The summed E-state index contributed by atoms with van der Waals surface area (Å²) >= 11 is 2.64. The van der Waals surface area contributed by atoms with Crippen LogP contribution in [0.3, 0.4) is 0 Å². The van der Waals surface area contributed by atoms with Gasteiger partial charge in [0.15, 0.2) is 5.13 Å². The van der Waals surface area contributed by atoms with Gasteiger partial charge in [-0.25, -0.2) is 4.98 Å². The van der Waals surface area contributed by atoms with E-state index in [4.69, 9.17) is 0 Å². The second-order valence-corrected chi connectivity index (χ2v) is 10.1. The van der Waals surface area contributed by atoms with Crippen LogP contribution in [-0.2, 0) is 14.4 Å². The molecule has 172 valence electrons. The molecule has 4 atom stereocenters. The number of hydrogen-bond acceptors (Lipinski definition) is 11. The van der Waals surface area contributed by atoms with Crippen molar-refractivity contribution in [1.29, 1.82) is 0 Å². The first-order chi connectivity index (χ1) is 15.1. The molecule has 2 fully saturated rings. The first-order valence-corrected chi connectivity index (χ1v) is 11.7. The van der Waals surface area contributed by atoms with E-state index in [9.17, 15) is 34.5 Å². The van der Waals surface area contributed by atoms with E-state index in [0.29, 0.717) is 23.1 Å². The molecule has 2 N–H and O–H groups in total. The van der Waals surface area contributed by atoms with E-state index in [1.165, 1.54) is 40.3 Å².